The van der Waals surface area contributed by atoms with E-state index in [9.17, 15) is 9.59 Å². The molecular formula is C16H14N6O2S. The van der Waals surface area contributed by atoms with Gasteiger partial charge in [-0.05, 0) is 30.2 Å². The van der Waals surface area contributed by atoms with E-state index in [0.29, 0.717) is 26.9 Å². The van der Waals surface area contributed by atoms with Gasteiger partial charge in [0.15, 0.2) is 17.1 Å². The van der Waals surface area contributed by atoms with Gasteiger partial charge >= 0.3 is 0 Å². The van der Waals surface area contributed by atoms with Crippen molar-refractivity contribution in [2.24, 2.45) is 5.84 Å². The van der Waals surface area contributed by atoms with Crippen LogP contribution in [0.15, 0.2) is 24.5 Å². The minimum absolute atomic E-state index is 0.226. The fraction of sp³-hybridized carbons (Fsp3) is 0.188. The molecule has 0 saturated heterocycles. The van der Waals surface area contributed by atoms with E-state index in [1.807, 2.05) is 17.0 Å². The Morgan fingerprint density at radius 1 is 1.40 bits per heavy atom. The van der Waals surface area contributed by atoms with Crippen LogP contribution in [0.4, 0.5) is 17.2 Å². The molecule has 0 saturated carbocycles. The van der Waals surface area contributed by atoms with Crippen molar-refractivity contribution in [2.45, 2.75) is 13.3 Å². The molecule has 3 heterocycles. The Balaban J connectivity index is 1.77. The second kappa shape index (κ2) is 5.87. The van der Waals surface area contributed by atoms with Gasteiger partial charge in [-0.15, -0.1) is 0 Å². The average Bonchev–Trinajstić information content (AvgIpc) is 3.23. The molecule has 2 N–H and O–H groups in total. The number of carbonyl (C=O) groups is 2. The van der Waals surface area contributed by atoms with Crippen LogP contribution in [0.3, 0.4) is 0 Å². The number of fused-ring (bicyclic) bond motifs is 2. The number of anilines is 3. The summed E-state index contributed by atoms with van der Waals surface area (Å²) in [6, 6.07) is 5.63. The van der Waals surface area contributed by atoms with E-state index in [4.69, 9.17) is 5.84 Å². The van der Waals surface area contributed by atoms with Gasteiger partial charge in [0.2, 0.25) is 5.91 Å². The SMILES string of the molecule is CC(=O)N(N)c1ccc2c(c1)CCN2c1ncnc2sc(C=O)nc12. The molecule has 25 heavy (non-hydrogen) atoms. The summed E-state index contributed by atoms with van der Waals surface area (Å²) in [5, 5.41) is 1.51. The van der Waals surface area contributed by atoms with Crippen LogP contribution in [-0.4, -0.2) is 33.7 Å². The van der Waals surface area contributed by atoms with Crippen molar-refractivity contribution in [3.8, 4) is 0 Å². The van der Waals surface area contributed by atoms with Gasteiger partial charge in [0.1, 0.15) is 16.7 Å². The maximum absolute atomic E-state index is 11.4. The van der Waals surface area contributed by atoms with Crippen molar-refractivity contribution in [2.75, 3.05) is 16.5 Å². The van der Waals surface area contributed by atoms with E-state index in [1.165, 1.54) is 24.6 Å². The Bertz CT molecular complexity index is 1000. The lowest BCUT2D eigenvalue weighted by Crippen LogP contribution is -2.35. The molecule has 3 aromatic rings. The van der Waals surface area contributed by atoms with Crippen LogP contribution in [0.25, 0.3) is 10.3 Å². The predicted molar refractivity (Wildman–Crippen MR) is 95.1 cm³/mol. The maximum Gasteiger partial charge on any atom is 0.238 e. The number of hydrogen-bond acceptors (Lipinski definition) is 8. The molecule has 4 rings (SSSR count). The molecule has 0 unspecified atom stereocenters. The van der Waals surface area contributed by atoms with Crippen LogP contribution in [0.5, 0.6) is 0 Å². The fourth-order valence-corrected chi connectivity index (χ4v) is 3.66. The molecule has 8 nitrogen and oxygen atoms in total. The topological polar surface area (TPSA) is 105 Å². The number of nitrogens with zero attached hydrogens (tertiary/aromatic N) is 5. The molecule has 1 amide bonds. The normalized spacial score (nSPS) is 13.1. The van der Waals surface area contributed by atoms with Crippen molar-refractivity contribution >= 4 is 51.1 Å². The zero-order valence-corrected chi connectivity index (χ0v) is 14.2. The van der Waals surface area contributed by atoms with Gasteiger partial charge in [0.05, 0.1) is 5.69 Å². The highest BCUT2D eigenvalue weighted by molar-refractivity contribution is 7.19. The smallest absolute Gasteiger partial charge is 0.238 e. The molecule has 0 spiro atoms. The Morgan fingerprint density at radius 2 is 2.24 bits per heavy atom. The molecule has 1 aliphatic heterocycles. The highest BCUT2D eigenvalue weighted by Gasteiger charge is 2.25. The van der Waals surface area contributed by atoms with Gasteiger partial charge < -0.3 is 4.90 Å². The number of hydrogen-bond donors (Lipinski definition) is 1. The van der Waals surface area contributed by atoms with Crippen LogP contribution in [0.2, 0.25) is 0 Å². The molecule has 1 aromatic carbocycles. The summed E-state index contributed by atoms with van der Waals surface area (Å²) in [4.78, 5) is 38.1. The number of aldehydes is 1. The molecule has 0 aliphatic carbocycles. The third-order valence-corrected chi connectivity index (χ3v) is 5.01. The molecule has 0 bridgehead atoms. The number of rotatable bonds is 3. The number of nitrogens with two attached hydrogens (primary N) is 1. The number of carbonyl (C=O) groups excluding carboxylic acids is 2. The molecule has 126 valence electrons. The zero-order chi connectivity index (χ0) is 17.6. The summed E-state index contributed by atoms with van der Waals surface area (Å²) in [5.74, 6) is 6.23. The van der Waals surface area contributed by atoms with Crippen LogP contribution >= 0.6 is 11.3 Å². The highest BCUT2D eigenvalue weighted by Crippen LogP contribution is 2.38. The summed E-state index contributed by atoms with van der Waals surface area (Å²) in [5.41, 5.74) is 3.33. The van der Waals surface area contributed by atoms with Crippen molar-refractivity contribution in [1.29, 1.82) is 0 Å². The highest BCUT2D eigenvalue weighted by atomic mass is 32.1. The number of amides is 1. The summed E-state index contributed by atoms with van der Waals surface area (Å²) >= 11 is 1.24. The third-order valence-electron chi connectivity index (χ3n) is 4.13. The van der Waals surface area contributed by atoms with Crippen molar-refractivity contribution in [3.63, 3.8) is 0 Å². The summed E-state index contributed by atoms with van der Waals surface area (Å²) < 4.78 is 0. The van der Waals surface area contributed by atoms with Crippen LogP contribution in [0.1, 0.15) is 22.3 Å². The minimum atomic E-state index is -0.226. The second-order valence-corrected chi connectivity index (χ2v) is 6.63. The average molecular weight is 354 g/mol. The van der Waals surface area contributed by atoms with Gasteiger partial charge in [-0.2, -0.15) is 0 Å². The van der Waals surface area contributed by atoms with Gasteiger partial charge in [-0.3, -0.25) is 9.59 Å². The Morgan fingerprint density at radius 3 is 3.00 bits per heavy atom. The quantitative estimate of drug-likeness (QED) is 0.331. The van der Waals surface area contributed by atoms with E-state index >= 15 is 0 Å². The second-order valence-electron chi connectivity index (χ2n) is 5.62. The molecule has 0 atom stereocenters. The zero-order valence-electron chi connectivity index (χ0n) is 13.3. The largest absolute Gasteiger partial charge is 0.324 e. The van der Waals surface area contributed by atoms with Gasteiger partial charge in [0.25, 0.3) is 0 Å². The van der Waals surface area contributed by atoms with E-state index in [-0.39, 0.29) is 5.91 Å². The minimum Gasteiger partial charge on any atom is -0.324 e. The van der Waals surface area contributed by atoms with Crippen LogP contribution in [0, 0.1) is 0 Å². The van der Waals surface area contributed by atoms with Gasteiger partial charge in [-0.25, -0.2) is 25.8 Å². The predicted octanol–water partition coefficient (Wildman–Crippen LogP) is 1.82. The van der Waals surface area contributed by atoms with Crippen LogP contribution in [-0.2, 0) is 11.2 Å². The number of thiazole rings is 1. The first-order valence-electron chi connectivity index (χ1n) is 7.61. The standard InChI is InChI=1S/C16H14N6O2S/c1-9(24)22(17)11-2-3-12-10(6-11)4-5-21(12)15-14-16(19-8-18-15)25-13(7-23)20-14/h2-3,6-8H,4-5,17H2,1H3. The van der Waals surface area contributed by atoms with Gasteiger partial charge in [0, 0.05) is 19.2 Å². The number of aromatic nitrogens is 3. The summed E-state index contributed by atoms with van der Waals surface area (Å²) in [6.07, 6.45) is 3.00. The monoisotopic (exact) mass is 354 g/mol. The molecule has 0 radical (unpaired) electrons. The summed E-state index contributed by atoms with van der Waals surface area (Å²) in [7, 11) is 0. The van der Waals surface area contributed by atoms with E-state index < -0.39 is 0 Å². The van der Waals surface area contributed by atoms with Crippen molar-refractivity contribution in [3.05, 3.63) is 35.1 Å². The lowest BCUT2D eigenvalue weighted by Gasteiger charge is -2.20. The first kappa shape index (κ1) is 15.6. The van der Waals surface area contributed by atoms with Gasteiger partial charge in [-0.1, -0.05) is 11.3 Å². The maximum atomic E-state index is 11.4. The molecular weight excluding hydrogens is 340 g/mol. The Kier molecular flexibility index (Phi) is 3.66. The Labute approximate surface area is 146 Å². The van der Waals surface area contributed by atoms with E-state index in [2.05, 4.69) is 15.0 Å². The van der Waals surface area contributed by atoms with E-state index in [1.54, 1.807) is 6.07 Å². The molecule has 0 fully saturated rings. The molecule has 9 heteroatoms. The first-order chi connectivity index (χ1) is 12.1. The molecule has 2 aromatic heterocycles. The fourth-order valence-electron chi connectivity index (χ4n) is 2.95. The summed E-state index contributed by atoms with van der Waals surface area (Å²) in [6.45, 7) is 2.15. The lowest BCUT2D eigenvalue weighted by molar-refractivity contribution is -0.116. The first-order valence-corrected chi connectivity index (χ1v) is 8.42. The Hall–Kier alpha value is -2.91. The molecule has 1 aliphatic rings. The third kappa shape index (κ3) is 2.53. The lowest BCUT2D eigenvalue weighted by atomic mass is 10.1. The number of hydrazine groups is 1. The number of benzene rings is 1. The van der Waals surface area contributed by atoms with E-state index in [0.717, 1.165) is 35.5 Å². The van der Waals surface area contributed by atoms with Crippen molar-refractivity contribution < 1.29 is 9.59 Å². The van der Waals surface area contributed by atoms with Crippen LogP contribution < -0.4 is 15.8 Å². The van der Waals surface area contributed by atoms with Crippen molar-refractivity contribution in [1.82, 2.24) is 15.0 Å².